The molecule has 4 nitrogen and oxygen atoms in total. The second kappa shape index (κ2) is 6.61. The van der Waals surface area contributed by atoms with Crippen LogP contribution in [-0.2, 0) is 4.79 Å². The standard InChI is InChI=1S/C16H16O4/c1-19-13-9-7-12(8-10-13)15(16(17)18)11-20-14-5-3-2-4-6-14/h2-10,15H,11H2,1H3,(H,17,18). The molecular formula is C16H16O4. The Hall–Kier alpha value is -2.49. The molecular weight excluding hydrogens is 256 g/mol. The first-order valence-corrected chi connectivity index (χ1v) is 6.25. The molecule has 0 aliphatic rings. The van der Waals surface area contributed by atoms with Crippen molar-refractivity contribution in [3.8, 4) is 11.5 Å². The predicted octanol–water partition coefficient (Wildman–Crippen LogP) is 2.94. The molecule has 0 saturated heterocycles. The Kier molecular flexibility index (Phi) is 4.60. The number of carbonyl (C=O) groups is 1. The van der Waals surface area contributed by atoms with Crippen LogP contribution in [-0.4, -0.2) is 24.8 Å². The molecule has 2 aromatic rings. The van der Waals surface area contributed by atoms with Crippen LogP contribution < -0.4 is 9.47 Å². The van der Waals surface area contributed by atoms with Gasteiger partial charge in [0.25, 0.3) is 0 Å². The minimum atomic E-state index is -0.911. The summed E-state index contributed by atoms with van der Waals surface area (Å²) in [6.45, 7) is 0.0890. The Morgan fingerprint density at radius 3 is 2.25 bits per heavy atom. The average molecular weight is 272 g/mol. The highest BCUT2D eigenvalue weighted by Crippen LogP contribution is 2.21. The number of rotatable bonds is 6. The molecule has 0 spiro atoms. The largest absolute Gasteiger partial charge is 0.497 e. The number of methoxy groups -OCH3 is 1. The normalized spacial score (nSPS) is 11.7. The van der Waals surface area contributed by atoms with Gasteiger partial charge >= 0.3 is 5.97 Å². The molecule has 104 valence electrons. The van der Waals surface area contributed by atoms with Gasteiger partial charge in [0.05, 0.1) is 7.11 Å². The molecule has 0 aromatic heterocycles. The second-order valence-electron chi connectivity index (χ2n) is 4.29. The highest BCUT2D eigenvalue weighted by Gasteiger charge is 2.20. The van der Waals surface area contributed by atoms with Gasteiger partial charge in [-0.25, -0.2) is 0 Å². The van der Waals surface area contributed by atoms with E-state index >= 15 is 0 Å². The van der Waals surface area contributed by atoms with Gasteiger partial charge in [0.1, 0.15) is 24.0 Å². The van der Waals surface area contributed by atoms with Gasteiger partial charge in [0.2, 0.25) is 0 Å². The number of aliphatic carboxylic acids is 1. The number of benzene rings is 2. The lowest BCUT2D eigenvalue weighted by Crippen LogP contribution is -2.19. The van der Waals surface area contributed by atoms with E-state index in [0.717, 1.165) is 0 Å². The number of hydrogen-bond donors (Lipinski definition) is 1. The summed E-state index contributed by atoms with van der Waals surface area (Å²) in [6, 6.07) is 16.1. The minimum absolute atomic E-state index is 0.0890. The van der Waals surface area contributed by atoms with Crippen molar-refractivity contribution in [2.75, 3.05) is 13.7 Å². The first kappa shape index (κ1) is 13.9. The van der Waals surface area contributed by atoms with Crippen LogP contribution in [0.5, 0.6) is 11.5 Å². The van der Waals surface area contributed by atoms with Crippen LogP contribution in [0, 0.1) is 0 Å². The molecule has 0 aliphatic carbocycles. The van der Waals surface area contributed by atoms with E-state index in [9.17, 15) is 9.90 Å². The summed E-state index contributed by atoms with van der Waals surface area (Å²) >= 11 is 0. The van der Waals surface area contributed by atoms with Gasteiger partial charge in [-0.3, -0.25) is 4.79 Å². The summed E-state index contributed by atoms with van der Waals surface area (Å²) in [4.78, 5) is 11.4. The molecule has 0 amide bonds. The Morgan fingerprint density at radius 1 is 1.05 bits per heavy atom. The van der Waals surface area contributed by atoms with Crippen molar-refractivity contribution in [1.29, 1.82) is 0 Å². The van der Waals surface area contributed by atoms with Crippen LogP contribution in [0.1, 0.15) is 11.5 Å². The maximum Gasteiger partial charge on any atom is 0.314 e. The smallest absolute Gasteiger partial charge is 0.314 e. The molecule has 0 saturated carbocycles. The molecule has 2 aromatic carbocycles. The first-order chi connectivity index (χ1) is 9.70. The fraction of sp³-hybridized carbons (Fsp3) is 0.188. The van der Waals surface area contributed by atoms with Gasteiger partial charge in [-0.05, 0) is 29.8 Å². The van der Waals surface area contributed by atoms with Gasteiger partial charge in [0, 0.05) is 0 Å². The summed E-state index contributed by atoms with van der Waals surface area (Å²) in [6.07, 6.45) is 0. The molecule has 1 atom stereocenters. The third-order valence-corrected chi connectivity index (χ3v) is 2.98. The maximum atomic E-state index is 11.4. The Bertz CT molecular complexity index is 548. The zero-order valence-electron chi connectivity index (χ0n) is 11.2. The fourth-order valence-electron chi connectivity index (χ4n) is 1.84. The maximum absolute atomic E-state index is 11.4. The van der Waals surface area contributed by atoms with Crippen molar-refractivity contribution in [3.05, 3.63) is 60.2 Å². The molecule has 0 radical (unpaired) electrons. The molecule has 2 rings (SSSR count). The molecule has 0 heterocycles. The molecule has 1 unspecified atom stereocenters. The van der Waals surface area contributed by atoms with Gasteiger partial charge in [0.15, 0.2) is 0 Å². The third kappa shape index (κ3) is 3.51. The summed E-state index contributed by atoms with van der Waals surface area (Å²) in [7, 11) is 1.57. The second-order valence-corrected chi connectivity index (χ2v) is 4.29. The Morgan fingerprint density at radius 2 is 1.70 bits per heavy atom. The Balaban J connectivity index is 2.08. The van der Waals surface area contributed by atoms with E-state index in [-0.39, 0.29) is 6.61 Å². The topological polar surface area (TPSA) is 55.8 Å². The average Bonchev–Trinajstić information content (AvgIpc) is 2.49. The summed E-state index contributed by atoms with van der Waals surface area (Å²) in [5.74, 6) is -0.263. The van der Waals surface area contributed by atoms with Crippen molar-refractivity contribution >= 4 is 5.97 Å². The summed E-state index contributed by atoms with van der Waals surface area (Å²) in [5.41, 5.74) is 0.689. The molecule has 0 bridgehead atoms. The van der Waals surface area contributed by atoms with E-state index in [1.54, 1.807) is 43.5 Å². The lowest BCUT2D eigenvalue weighted by molar-refractivity contribution is -0.139. The number of hydrogen-bond acceptors (Lipinski definition) is 3. The van der Waals surface area contributed by atoms with Crippen molar-refractivity contribution in [3.63, 3.8) is 0 Å². The zero-order valence-corrected chi connectivity index (χ0v) is 11.2. The quantitative estimate of drug-likeness (QED) is 0.878. The van der Waals surface area contributed by atoms with E-state index < -0.39 is 11.9 Å². The lowest BCUT2D eigenvalue weighted by Gasteiger charge is -2.14. The van der Waals surface area contributed by atoms with E-state index in [4.69, 9.17) is 9.47 Å². The highest BCUT2D eigenvalue weighted by molar-refractivity contribution is 5.76. The van der Waals surface area contributed by atoms with Crippen LogP contribution >= 0.6 is 0 Å². The number of carboxylic acids is 1. The van der Waals surface area contributed by atoms with Crippen LogP contribution in [0.25, 0.3) is 0 Å². The van der Waals surface area contributed by atoms with Crippen LogP contribution in [0.4, 0.5) is 0 Å². The molecule has 20 heavy (non-hydrogen) atoms. The van der Waals surface area contributed by atoms with Gasteiger partial charge in [-0.2, -0.15) is 0 Å². The summed E-state index contributed by atoms with van der Waals surface area (Å²) in [5, 5.41) is 9.32. The number of ether oxygens (including phenoxy) is 2. The van der Waals surface area contributed by atoms with Crippen LogP contribution in [0.15, 0.2) is 54.6 Å². The van der Waals surface area contributed by atoms with Gasteiger partial charge < -0.3 is 14.6 Å². The molecule has 0 fully saturated rings. The van der Waals surface area contributed by atoms with E-state index in [2.05, 4.69) is 0 Å². The monoisotopic (exact) mass is 272 g/mol. The molecule has 1 N–H and O–H groups in total. The van der Waals surface area contributed by atoms with Crippen molar-refractivity contribution < 1.29 is 19.4 Å². The predicted molar refractivity (Wildman–Crippen MR) is 75.3 cm³/mol. The van der Waals surface area contributed by atoms with E-state index in [0.29, 0.717) is 17.1 Å². The van der Waals surface area contributed by atoms with Crippen molar-refractivity contribution in [2.45, 2.75) is 5.92 Å². The van der Waals surface area contributed by atoms with E-state index in [1.165, 1.54) is 0 Å². The van der Waals surface area contributed by atoms with Crippen LogP contribution in [0.3, 0.4) is 0 Å². The van der Waals surface area contributed by atoms with Crippen molar-refractivity contribution in [1.82, 2.24) is 0 Å². The first-order valence-electron chi connectivity index (χ1n) is 6.25. The van der Waals surface area contributed by atoms with Crippen LogP contribution in [0.2, 0.25) is 0 Å². The minimum Gasteiger partial charge on any atom is -0.497 e. The number of carboxylic acid groups (broad SMARTS) is 1. The van der Waals surface area contributed by atoms with Gasteiger partial charge in [-0.1, -0.05) is 30.3 Å². The SMILES string of the molecule is COc1ccc(C(COc2ccccc2)C(=O)O)cc1. The van der Waals surface area contributed by atoms with Crippen molar-refractivity contribution in [2.24, 2.45) is 0 Å². The fourth-order valence-corrected chi connectivity index (χ4v) is 1.84. The lowest BCUT2D eigenvalue weighted by atomic mass is 10.0. The van der Waals surface area contributed by atoms with E-state index in [1.807, 2.05) is 18.2 Å². The number of para-hydroxylation sites is 1. The van der Waals surface area contributed by atoms with Gasteiger partial charge in [-0.15, -0.1) is 0 Å². The summed E-state index contributed by atoms with van der Waals surface area (Å²) < 4.78 is 10.6. The third-order valence-electron chi connectivity index (χ3n) is 2.98. The zero-order chi connectivity index (χ0) is 14.4. The Labute approximate surface area is 117 Å². The highest BCUT2D eigenvalue weighted by atomic mass is 16.5. The molecule has 0 aliphatic heterocycles. The molecule has 4 heteroatoms.